The summed E-state index contributed by atoms with van der Waals surface area (Å²) in [5, 5.41) is 4.09. The maximum Gasteiger partial charge on any atom is 0.0548 e. The second-order valence-electron chi connectivity index (χ2n) is 3.27. The van der Waals surface area contributed by atoms with Crippen LogP contribution in [0.3, 0.4) is 0 Å². The molecule has 0 heterocycles. The van der Waals surface area contributed by atoms with Gasteiger partial charge in [0.05, 0.1) is 5.02 Å². The number of hydrogen-bond acceptors (Lipinski definition) is 2. The fourth-order valence-electron chi connectivity index (χ4n) is 1.22. The molecular weight excluding hydrogens is 277 g/mol. The molecule has 0 aliphatic rings. The smallest absolute Gasteiger partial charge is 0.0548 e. The number of methoxy groups -OCH3 is 1. The van der Waals surface area contributed by atoms with E-state index in [0.717, 1.165) is 35.6 Å². The average Bonchev–Trinajstić information content (AvgIpc) is 2.23. The first-order valence-corrected chi connectivity index (χ1v) is 6.04. The minimum Gasteiger partial charge on any atom is -0.385 e. The maximum absolute atomic E-state index is 5.90. The van der Waals surface area contributed by atoms with E-state index in [2.05, 4.69) is 21.2 Å². The summed E-state index contributed by atoms with van der Waals surface area (Å²) in [7, 11) is 1.72. The van der Waals surface area contributed by atoms with E-state index < -0.39 is 0 Å². The van der Waals surface area contributed by atoms with Gasteiger partial charge in [-0.05, 0) is 46.6 Å². The summed E-state index contributed by atoms with van der Waals surface area (Å²) in [5.74, 6) is 0. The largest absolute Gasteiger partial charge is 0.385 e. The van der Waals surface area contributed by atoms with Crippen molar-refractivity contribution in [2.24, 2.45) is 0 Å². The molecule has 0 saturated heterocycles. The molecule has 0 bridgehead atoms. The standard InChI is InChI=1S/C11H15BrClNO/c1-15-6-2-5-14-8-9-3-4-11(13)10(12)7-9/h3-4,7,14H,2,5-6,8H2,1H3. The first-order chi connectivity index (χ1) is 7.24. The van der Waals surface area contributed by atoms with Crippen LogP contribution in [0.4, 0.5) is 0 Å². The van der Waals surface area contributed by atoms with Crippen LogP contribution in [0.25, 0.3) is 0 Å². The molecule has 0 atom stereocenters. The number of nitrogens with one attached hydrogen (secondary N) is 1. The monoisotopic (exact) mass is 291 g/mol. The Morgan fingerprint density at radius 2 is 2.27 bits per heavy atom. The van der Waals surface area contributed by atoms with Crippen LogP contribution in [-0.4, -0.2) is 20.3 Å². The molecule has 0 saturated carbocycles. The third kappa shape index (κ3) is 4.98. The molecule has 0 amide bonds. The van der Waals surface area contributed by atoms with Crippen molar-refractivity contribution in [1.82, 2.24) is 5.32 Å². The predicted molar refractivity (Wildman–Crippen MR) is 67.4 cm³/mol. The van der Waals surface area contributed by atoms with Crippen molar-refractivity contribution in [2.45, 2.75) is 13.0 Å². The van der Waals surface area contributed by atoms with E-state index in [1.807, 2.05) is 18.2 Å². The van der Waals surface area contributed by atoms with Crippen molar-refractivity contribution in [3.63, 3.8) is 0 Å². The Balaban J connectivity index is 2.28. The third-order valence-corrected chi connectivity index (χ3v) is 3.23. The highest BCUT2D eigenvalue weighted by Gasteiger charge is 1.98. The molecule has 0 aliphatic heterocycles. The Hall–Kier alpha value is -0.0900. The molecule has 2 nitrogen and oxygen atoms in total. The van der Waals surface area contributed by atoms with Crippen molar-refractivity contribution in [3.05, 3.63) is 33.3 Å². The van der Waals surface area contributed by atoms with Gasteiger partial charge in [0.1, 0.15) is 0 Å². The summed E-state index contributed by atoms with van der Waals surface area (Å²) < 4.78 is 5.91. The van der Waals surface area contributed by atoms with Crippen LogP contribution in [-0.2, 0) is 11.3 Å². The Bertz CT molecular complexity index is 307. The van der Waals surface area contributed by atoms with Gasteiger partial charge < -0.3 is 10.1 Å². The van der Waals surface area contributed by atoms with Crippen LogP contribution in [0.15, 0.2) is 22.7 Å². The van der Waals surface area contributed by atoms with E-state index in [9.17, 15) is 0 Å². The van der Waals surface area contributed by atoms with E-state index in [-0.39, 0.29) is 0 Å². The molecule has 1 aromatic rings. The van der Waals surface area contributed by atoms with Crippen LogP contribution in [0.1, 0.15) is 12.0 Å². The topological polar surface area (TPSA) is 21.3 Å². The van der Waals surface area contributed by atoms with Gasteiger partial charge in [-0.25, -0.2) is 0 Å². The lowest BCUT2D eigenvalue weighted by Crippen LogP contribution is -2.16. The lowest BCUT2D eigenvalue weighted by molar-refractivity contribution is 0.194. The average molecular weight is 293 g/mol. The molecule has 0 fully saturated rings. The summed E-state index contributed by atoms with van der Waals surface area (Å²) in [4.78, 5) is 0. The summed E-state index contributed by atoms with van der Waals surface area (Å²) in [6.07, 6.45) is 1.03. The van der Waals surface area contributed by atoms with E-state index in [0.29, 0.717) is 0 Å². The first kappa shape index (κ1) is 13.0. The zero-order valence-corrected chi connectivity index (χ0v) is 11.1. The zero-order valence-electron chi connectivity index (χ0n) is 8.72. The second-order valence-corrected chi connectivity index (χ2v) is 4.53. The van der Waals surface area contributed by atoms with E-state index in [1.165, 1.54) is 5.56 Å². The molecule has 4 heteroatoms. The highest BCUT2D eigenvalue weighted by Crippen LogP contribution is 2.22. The molecule has 1 aromatic carbocycles. The van der Waals surface area contributed by atoms with Gasteiger partial charge in [0.15, 0.2) is 0 Å². The minimum absolute atomic E-state index is 0.748. The Morgan fingerprint density at radius 1 is 1.47 bits per heavy atom. The second kappa shape index (κ2) is 7.23. The quantitative estimate of drug-likeness (QED) is 0.813. The molecule has 1 rings (SSSR count). The highest BCUT2D eigenvalue weighted by molar-refractivity contribution is 9.10. The van der Waals surface area contributed by atoms with Gasteiger partial charge in [-0.1, -0.05) is 17.7 Å². The van der Waals surface area contributed by atoms with Gasteiger partial charge >= 0.3 is 0 Å². The first-order valence-electron chi connectivity index (χ1n) is 4.87. The normalized spacial score (nSPS) is 10.6. The van der Waals surface area contributed by atoms with E-state index in [4.69, 9.17) is 16.3 Å². The lowest BCUT2D eigenvalue weighted by atomic mass is 10.2. The van der Waals surface area contributed by atoms with Crippen LogP contribution in [0.5, 0.6) is 0 Å². The minimum atomic E-state index is 0.748. The Labute approximate surface area is 104 Å². The van der Waals surface area contributed by atoms with Crippen molar-refractivity contribution in [3.8, 4) is 0 Å². The predicted octanol–water partition coefficient (Wildman–Crippen LogP) is 3.23. The van der Waals surface area contributed by atoms with Gasteiger partial charge in [0, 0.05) is 24.7 Å². The number of halogens is 2. The summed E-state index contributed by atoms with van der Waals surface area (Å²) in [5.41, 5.74) is 1.23. The van der Waals surface area contributed by atoms with E-state index in [1.54, 1.807) is 7.11 Å². The number of ether oxygens (including phenoxy) is 1. The molecule has 1 N–H and O–H groups in total. The van der Waals surface area contributed by atoms with Crippen LogP contribution < -0.4 is 5.32 Å². The Kier molecular flexibility index (Phi) is 6.25. The number of rotatable bonds is 6. The van der Waals surface area contributed by atoms with Gasteiger partial charge in [-0.15, -0.1) is 0 Å². The van der Waals surface area contributed by atoms with Gasteiger partial charge in [-0.2, -0.15) is 0 Å². The van der Waals surface area contributed by atoms with Crippen LogP contribution in [0, 0.1) is 0 Å². The summed E-state index contributed by atoms with van der Waals surface area (Å²) in [6, 6.07) is 5.96. The molecule has 0 aromatic heterocycles. The van der Waals surface area contributed by atoms with Gasteiger partial charge in [-0.3, -0.25) is 0 Å². The van der Waals surface area contributed by atoms with Crippen molar-refractivity contribution >= 4 is 27.5 Å². The number of benzene rings is 1. The van der Waals surface area contributed by atoms with Crippen molar-refractivity contribution in [1.29, 1.82) is 0 Å². The van der Waals surface area contributed by atoms with E-state index >= 15 is 0 Å². The summed E-state index contributed by atoms with van der Waals surface area (Å²) >= 11 is 9.30. The van der Waals surface area contributed by atoms with Crippen molar-refractivity contribution < 1.29 is 4.74 Å². The SMILES string of the molecule is COCCCNCc1ccc(Cl)c(Br)c1. The fraction of sp³-hybridized carbons (Fsp3) is 0.455. The highest BCUT2D eigenvalue weighted by atomic mass is 79.9. The molecule has 15 heavy (non-hydrogen) atoms. The van der Waals surface area contributed by atoms with Crippen molar-refractivity contribution in [2.75, 3.05) is 20.3 Å². The molecule has 0 aliphatic carbocycles. The molecule has 84 valence electrons. The molecule has 0 radical (unpaired) electrons. The zero-order chi connectivity index (χ0) is 11.1. The summed E-state index contributed by atoms with van der Waals surface area (Å²) in [6.45, 7) is 2.63. The van der Waals surface area contributed by atoms with Gasteiger partial charge in [0.25, 0.3) is 0 Å². The number of hydrogen-bond donors (Lipinski definition) is 1. The lowest BCUT2D eigenvalue weighted by Gasteiger charge is -2.05. The van der Waals surface area contributed by atoms with Crippen LogP contribution in [0.2, 0.25) is 5.02 Å². The molecular formula is C11H15BrClNO. The molecule has 0 spiro atoms. The van der Waals surface area contributed by atoms with Crippen LogP contribution >= 0.6 is 27.5 Å². The maximum atomic E-state index is 5.90. The third-order valence-electron chi connectivity index (χ3n) is 2.02. The Morgan fingerprint density at radius 3 is 2.93 bits per heavy atom. The van der Waals surface area contributed by atoms with Gasteiger partial charge in [0.2, 0.25) is 0 Å². The fourth-order valence-corrected chi connectivity index (χ4v) is 1.77. The molecule has 0 unspecified atom stereocenters.